The van der Waals surface area contributed by atoms with Crippen molar-refractivity contribution in [3.8, 4) is 22.6 Å². The molecule has 2 aromatic carbocycles. The highest BCUT2D eigenvalue weighted by molar-refractivity contribution is 5.87. The van der Waals surface area contributed by atoms with E-state index in [9.17, 15) is 39.9 Å². The average molecular weight is 414 g/mol. The summed E-state index contributed by atoms with van der Waals surface area (Å²) in [4.78, 5) is 11.1. The summed E-state index contributed by atoms with van der Waals surface area (Å²) in [5, 5.41) is 0. The summed E-state index contributed by atoms with van der Waals surface area (Å²) in [6.45, 7) is -2.26. The van der Waals surface area contributed by atoms with Crippen LogP contribution in [0.2, 0.25) is 0 Å². The number of halogens is 8. The van der Waals surface area contributed by atoms with Crippen molar-refractivity contribution in [2.45, 2.75) is 18.5 Å². The lowest BCUT2D eigenvalue weighted by Crippen LogP contribution is -2.41. The Balaban J connectivity index is 2.45. The standard InChI is InChI=1S/C17H10F8O3/c18-15(19,16(20,21)22)9-27-14-7-10(5-6-13(14)28-17(23,24)25)12-4-2-1-3-11(12)8-26/h1-8H,9H2. The van der Waals surface area contributed by atoms with Crippen LogP contribution in [0.3, 0.4) is 0 Å². The van der Waals surface area contributed by atoms with E-state index in [-0.39, 0.29) is 16.7 Å². The van der Waals surface area contributed by atoms with Gasteiger partial charge in [-0.15, -0.1) is 13.2 Å². The third-order valence-corrected chi connectivity index (χ3v) is 3.39. The molecule has 28 heavy (non-hydrogen) atoms. The lowest BCUT2D eigenvalue weighted by atomic mass is 10.00. The quantitative estimate of drug-likeness (QED) is 0.453. The van der Waals surface area contributed by atoms with Crippen LogP contribution in [0.25, 0.3) is 11.1 Å². The van der Waals surface area contributed by atoms with Crippen LogP contribution < -0.4 is 9.47 Å². The van der Waals surface area contributed by atoms with Crippen molar-refractivity contribution in [2.24, 2.45) is 0 Å². The molecule has 2 rings (SSSR count). The number of rotatable bonds is 6. The molecule has 0 saturated carbocycles. The van der Waals surface area contributed by atoms with E-state index in [1.165, 1.54) is 24.3 Å². The molecule has 0 unspecified atom stereocenters. The van der Waals surface area contributed by atoms with Gasteiger partial charge in [-0.05, 0) is 23.3 Å². The number of benzene rings is 2. The molecule has 0 radical (unpaired) electrons. The Bertz CT molecular complexity index is 843. The van der Waals surface area contributed by atoms with Gasteiger partial charge in [0.25, 0.3) is 0 Å². The van der Waals surface area contributed by atoms with E-state index in [4.69, 9.17) is 0 Å². The fraction of sp³-hybridized carbons (Fsp3) is 0.235. The molecule has 0 aliphatic carbocycles. The molecule has 0 aromatic heterocycles. The van der Waals surface area contributed by atoms with Gasteiger partial charge in [0, 0.05) is 5.56 Å². The van der Waals surface area contributed by atoms with E-state index in [1.807, 2.05) is 0 Å². The van der Waals surface area contributed by atoms with Crippen LogP contribution in [0.5, 0.6) is 11.5 Å². The maximum absolute atomic E-state index is 13.1. The summed E-state index contributed by atoms with van der Waals surface area (Å²) in [7, 11) is 0. The van der Waals surface area contributed by atoms with E-state index < -0.39 is 36.6 Å². The van der Waals surface area contributed by atoms with Gasteiger partial charge in [-0.3, -0.25) is 4.79 Å². The van der Waals surface area contributed by atoms with Crippen LogP contribution in [0, 0.1) is 0 Å². The summed E-state index contributed by atoms with van der Waals surface area (Å²) in [6, 6.07) is 8.29. The van der Waals surface area contributed by atoms with Crippen molar-refractivity contribution in [3.63, 3.8) is 0 Å². The molecular weight excluding hydrogens is 404 g/mol. The molecule has 0 bridgehead atoms. The fourth-order valence-electron chi connectivity index (χ4n) is 2.11. The molecule has 0 heterocycles. The van der Waals surface area contributed by atoms with E-state index in [0.717, 1.165) is 12.1 Å². The van der Waals surface area contributed by atoms with Crippen molar-refractivity contribution in [1.29, 1.82) is 0 Å². The Morgan fingerprint density at radius 2 is 1.50 bits per heavy atom. The molecule has 0 spiro atoms. The number of hydrogen-bond donors (Lipinski definition) is 0. The van der Waals surface area contributed by atoms with Gasteiger partial charge in [0.2, 0.25) is 0 Å². The number of hydrogen-bond acceptors (Lipinski definition) is 3. The molecule has 3 nitrogen and oxygen atoms in total. The van der Waals surface area contributed by atoms with Crippen molar-refractivity contribution in [1.82, 2.24) is 0 Å². The van der Waals surface area contributed by atoms with Crippen molar-refractivity contribution < 1.29 is 49.4 Å². The molecule has 0 atom stereocenters. The smallest absolute Gasteiger partial charge is 0.483 e. The van der Waals surface area contributed by atoms with Gasteiger partial charge in [0.1, 0.15) is 0 Å². The van der Waals surface area contributed by atoms with Crippen molar-refractivity contribution >= 4 is 6.29 Å². The summed E-state index contributed by atoms with van der Waals surface area (Å²) >= 11 is 0. The second-order valence-corrected chi connectivity index (χ2v) is 5.41. The van der Waals surface area contributed by atoms with Crippen LogP contribution in [-0.2, 0) is 0 Å². The first-order chi connectivity index (χ1) is 12.8. The van der Waals surface area contributed by atoms with Crippen LogP contribution in [0.4, 0.5) is 35.1 Å². The Morgan fingerprint density at radius 1 is 0.857 bits per heavy atom. The van der Waals surface area contributed by atoms with Gasteiger partial charge in [-0.2, -0.15) is 22.0 Å². The molecule has 2 aromatic rings. The molecule has 0 fully saturated rings. The van der Waals surface area contributed by atoms with Crippen LogP contribution >= 0.6 is 0 Å². The third kappa shape index (κ3) is 5.11. The highest BCUT2D eigenvalue weighted by Gasteiger charge is 2.58. The lowest BCUT2D eigenvalue weighted by Gasteiger charge is -2.21. The first-order valence-corrected chi connectivity index (χ1v) is 7.36. The maximum Gasteiger partial charge on any atom is 0.573 e. The first-order valence-electron chi connectivity index (χ1n) is 7.36. The Labute approximate surface area is 152 Å². The van der Waals surface area contributed by atoms with Gasteiger partial charge in [-0.1, -0.05) is 30.3 Å². The minimum Gasteiger partial charge on any atom is -0.483 e. The summed E-state index contributed by atoms with van der Waals surface area (Å²) in [5.74, 6) is -7.42. The predicted molar refractivity (Wildman–Crippen MR) is 80.4 cm³/mol. The Morgan fingerprint density at radius 3 is 2.07 bits per heavy atom. The molecular formula is C17H10F8O3. The van der Waals surface area contributed by atoms with E-state index in [0.29, 0.717) is 12.4 Å². The zero-order valence-corrected chi connectivity index (χ0v) is 13.6. The van der Waals surface area contributed by atoms with Crippen molar-refractivity contribution in [3.05, 3.63) is 48.0 Å². The topological polar surface area (TPSA) is 35.5 Å². The Kier molecular flexibility index (Phi) is 5.86. The van der Waals surface area contributed by atoms with Gasteiger partial charge >= 0.3 is 18.5 Å². The van der Waals surface area contributed by atoms with Gasteiger partial charge in [0.05, 0.1) is 0 Å². The largest absolute Gasteiger partial charge is 0.573 e. The highest BCUT2D eigenvalue weighted by atomic mass is 19.4. The summed E-state index contributed by atoms with van der Waals surface area (Å²) in [5.41, 5.74) is 0.351. The predicted octanol–water partition coefficient (Wildman–Crippen LogP) is 5.64. The highest BCUT2D eigenvalue weighted by Crippen LogP contribution is 2.40. The fourth-order valence-corrected chi connectivity index (χ4v) is 2.11. The van der Waals surface area contributed by atoms with E-state index in [1.54, 1.807) is 0 Å². The zero-order chi connectivity index (χ0) is 21.2. The molecule has 152 valence electrons. The lowest BCUT2D eigenvalue weighted by molar-refractivity contribution is -0.291. The molecule has 0 saturated heterocycles. The van der Waals surface area contributed by atoms with Gasteiger partial charge < -0.3 is 9.47 Å². The zero-order valence-electron chi connectivity index (χ0n) is 13.6. The maximum atomic E-state index is 13.1. The van der Waals surface area contributed by atoms with E-state index in [2.05, 4.69) is 9.47 Å². The molecule has 0 N–H and O–H groups in total. The molecule has 0 aliphatic rings. The average Bonchev–Trinajstić information content (AvgIpc) is 2.58. The minimum atomic E-state index is -5.96. The number of aldehydes is 1. The second kappa shape index (κ2) is 7.64. The minimum absolute atomic E-state index is 0.0440. The van der Waals surface area contributed by atoms with Crippen LogP contribution in [0.15, 0.2) is 42.5 Å². The van der Waals surface area contributed by atoms with Gasteiger partial charge in [-0.25, -0.2) is 0 Å². The van der Waals surface area contributed by atoms with E-state index >= 15 is 0 Å². The first kappa shape index (κ1) is 21.5. The SMILES string of the molecule is O=Cc1ccccc1-c1ccc(OC(F)(F)F)c(OCC(F)(F)C(F)(F)F)c1. The summed E-state index contributed by atoms with van der Waals surface area (Å²) in [6.07, 6.45) is -10.8. The number of carbonyl (C=O) groups is 1. The third-order valence-electron chi connectivity index (χ3n) is 3.39. The Hall–Kier alpha value is -2.85. The summed E-state index contributed by atoms with van der Waals surface area (Å²) < 4.78 is 108. The number of alkyl halides is 8. The molecule has 0 amide bonds. The number of carbonyl (C=O) groups excluding carboxylic acids is 1. The normalized spacial score (nSPS) is 12.6. The van der Waals surface area contributed by atoms with Crippen molar-refractivity contribution in [2.75, 3.05) is 6.61 Å². The van der Waals surface area contributed by atoms with Crippen LogP contribution in [-0.4, -0.2) is 31.4 Å². The number of ether oxygens (including phenoxy) is 2. The molecule has 11 heteroatoms. The second-order valence-electron chi connectivity index (χ2n) is 5.41. The monoisotopic (exact) mass is 414 g/mol. The van der Waals surface area contributed by atoms with Gasteiger partial charge in [0.15, 0.2) is 24.4 Å². The molecule has 0 aliphatic heterocycles. The van der Waals surface area contributed by atoms with Crippen LogP contribution in [0.1, 0.15) is 10.4 Å².